The largest absolute Gasteiger partial charge is 0.507 e. The molecule has 2 unspecified atom stereocenters. The van der Waals surface area contributed by atoms with Crippen LogP contribution in [0.25, 0.3) is 5.76 Å². The third kappa shape index (κ3) is 3.66. The molecule has 3 aliphatic rings. The van der Waals surface area contributed by atoms with Crippen LogP contribution in [-0.2, 0) is 24.7 Å². The van der Waals surface area contributed by atoms with Crippen molar-refractivity contribution in [1.29, 1.82) is 0 Å². The summed E-state index contributed by atoms with van der Waals surface area (Å²) in [5.41, 5.74) is 0.166. The summed E-state index contributed by atoms with van der Waals surface area (Å²) in [4.78, 5) is 44.3. The Labute approximate surface area is 215 Å². The first kappa shape index (κ1) is 24.8. The van der Waals surface area contributed by atoms with E-state index < -0.39 is 28.9 Å². The van der Waals surface area contributed by atoms with Crippen LogP contribution in [-0.4, -0.2) is 60.0 Å². The molecule has 2 aromatic rings. The number of hydrogen-bond donors (Lipinski definition) is 1. The number of aryl methyl sites for hydroxylation is 1. The molecule has 192 valence electrons. The first-order valence-electron chi connectivity index (χ1n) is 12.5. The van der Waals surface area contributed by atoms with E-state index in [1.54, 1.807) is 47.4 Å². The molecule has 1 spiro atoms. The van der Waals surface area contributed by atoms with Crippen LogP contribution in [0, 0.1) is 6.92 Å². The van der Waals surface area contributed by atoms with E-state index in [1.165, 1.54) is 4.90 Å². The lowest BCUT2D eigenvalue weighted by molar-refractivity contribution is -0.145. The summed E-state index contributed by atoms with van der Waals surface area (Å²) in [6.07, 6.45) is 2.89. The molecule has 8 heteroatoms. The van der Waals surface area contributed by atoms with Crippen molar-refractivity contribution in [3.63, 3.8) is 0 Å². The number of likely N-dealkylation sites (tertiary alicyclic amines) is 1. The number of Topliss-reactive ketones (excluding diaryl/α,β-unsaturated/α-hetero) is 1. The number of para-hydroxylation sites is 1. The Morgan fingerprint density at radius 2 is 2.03 bits per heavy atom. The normalized spacial score (nSPS) is 24.3. The molecule has 2 saturated heterocycles. The van der Waals surface area contributed by atoms with Crippen LogP contribution in [0.5, 0.6) is 5.75 Å². The van der Waals surface area contributed by atoms with Gasteiger partial charge < -0.3 is 24.4 Å². The van der Waals surface area contributed by atoms with Crippen molar-refractivity contribution in [3.8, 4) is 5.75 Å². The number of nitrogens with zero attached hydrogens (tertiary/aromatic N) is 2. The molecule has 2 fully saturated rings. The molecule has 8 nitrogen and oxygen atoms in total. The van der Waals surface area contributed by atoms with Gasteiger partial charge in [0.2, 0.25) is 0 Å². The highest BCUT2D eigenvalue weighted by molar-refractivity contribution is 6.50. The van der Waals surface area contributed by atoms with Crippen LogP contribution in [0.2, 0.25) is 0 Å². The number of aliphatic hydroxyl groups is 1. The topological polar surface area (TPSA) is 96.4 Å². The SMILES string of the molecule is C=CCOc1ccc(C(O)=C2C(=O)C(=O)N(CC3CCCO3)C23C(=O)N(CC)c2ccccc23)cc1C. The monoisotopic (exact) mass is 502 g/mol. The predicted molar refractivity (Wildman–Crippen MR) is 138 cm³/mol. The van der Waals surface area contributed by atoms with Crippen LogP contribution in [0.3, 0.4) is 0 Å². The summed E-state index contributed by atoms with van der Waals surface area (Å²) in [7, 11) is 0. The van der Waals surface area contributed by atoms with Gasteiger partial charge in [-0.15, -0.1) is 0 Å². The van der Waals surface area contributed by atoms with Gasteiger partial charge in [0.05, 0.1) is 17.4 Å². The molecule has 5 rings (SSSR count). The molecule has 37 heavy (non-hydrogen) atoms. The Morgan fingerprint density at radius 3 is 2.70 bits per heavy atom. The lowest BCUT2D eigenvalue weighted by Gasteiger charge is -2.35. The zero-order valence-electron chi connectivity index (χ0n) is 21.0. The number of carbonyl (C=O) groups is 3. The van der Waals surface area contributed by atoms with Gasteiger partial charge in [-0.1, -0.05) is 30.9 Å². The molecular weight excluding hydrogens is 472 g/mol. The number of likely N-dealkylation sites (N-methyl/N-ethyl adjacent to an activating group) is 1. The fraction of sp³-hybridized carbons (Fsp3) is 0.345. The fourth-order valence-electron chi connectivity index (χ4n) is 5.67. The Bertz CT molecular complexity index is 1330. The molecule has 2 atom stereocenters. The smallest absolute Gasteiger partial charge is 0.296 e. The highest BCUT2D eigenvalue weighted by Crippen LogP contribution is 2.53. The Hall–Kier alpha value is -3.91. The van der Waals surface area contributed by atoms with Crippen molar-refractivity contribution >= 4 is 29.0 Å². The minimum atomic E-state index is -1.78. The van der Waals surface area contributed by atoms with Crippen molar-refractivity contribution in [2.75, 3.05) is 31.2 Å². The molecular formula is C29H30N2O6. The van der Waals surface area contributed by atoms with Crippen molar-refractivity contribution in [2.24, 2.45) is 0 Å². The first-order chi connectivity index (χ1) is 17.9. The van der Waals surface area contributed by atoms with E-state index in [0.717, 1.165) is 18.4 Å². The number of anilines is 1. The second-order valence-electron chi connectivity index (χ2n) is 9.46. The summed E-state index contributed by atoms with van der Waals surface area (Å²) in [6, 6.07) is 12.1. The van der Waals surface area contributed by atoms with Crippen LogP contribution >= 0.6 is 0 Å². The quantitative estimate of drug-likeness (QED) is 0.269. The van der Waals surface area contributed by atoms with Crippen molar-refractivity contribution in [2.45, 2.75) is 38.3 Å². The van der Waals surface area contributed by atoms with E-state index in [1.807, 2.05) is 19.9 Å². The van der Waals surface area contributed by atoms with E-state index in [2.05, 4.69) is 6.58 Å². The summed E-state index contributed by atoms with van der Waals surface area (Å²) in [5, 5.41) is 11.6. The number of ketones is 1. The predicted octanol–water partition coefficient (Wildman–Crippen LogP) is 3.68. The number of hydrogen-bond acceptors (Lipinski definition) is 6. The van der Waals surface area contributed by atoms with E-state index in [9.17, 15) is 19.5 Å². The number of benzene rings is 2. The molecule has 0 saturated carbocycles. The summed E-state index contributed by atoms with van der Waals surface area (Å²) in [5.74, 6) is -1.93. The molecule has 0 aromatic heterocycles. The third-order valence-electron chi connectivity index (χ3n) is 7.34. The standard InChI is InChI=1S/C29H30N2O6/c1-4-14-37-23-13-12-19(16-18(23)3)25(32)24-26(33)27(34)31(17-20-9-8-15-36-20)29(24)21-10-6-7-11-22(21)30(5-2)28(29)35/h4,6-7,10-13,16,20,32H,1,5,8-9,14-15,17H2,2-3H3. The van der Waals surface area contributed by atoms with E-state index in [0.29, 0.717) is 42.3 Å². The first-order valence-corrected chi connectivity index (χ1v) is 12.5. The van der Waals surface area contributed by atoms with Gasteiger partial charge in [-0.25, -0.2) is 0 Å². The molecule has 2 aromatic carbocycles. The highest BCUT2D eigenvalue weighted by atomic mass is 16.5. The van der Waals surface area contributed by atoms with Crippen molar-refractivity contribution < 1.29 is 29.0 Å². The molecule has 0 bridgehead atoms. The third-order valence-corrected chi connectivity index (χ3v) is 7.34. The van der Waals surface area contributed by atoms with Crippen LogP contribution in [0.4, 0.5) is 5.69 Å². The van der Waals surface area contributed by atoms with E-state index in [-0.39, 0.29) is 18.2 Å². The summed E-state index contributed by atoms with van der Waals surface area (Å²) >= 11 is 0. The molecule has 0 radical (unpaired) electrons. The van der Waals surface area contributed by atoms with E-state index >= 15 is 0 Å². The number of carbonyl (C=O) groups excluding carboxylic acids is 3. The maximum Gasteiger partial charge on any atom is 0.296 e. The zero-order valence-corrected chi connectivity index (χ0v) is 21.0. The van der Waals surface area contributed by atoms with Gasteiger partial charge in [0.15, 0.2) is 5.54 Å². The van der Waals surface area contributed by atoms with Gasteiger partial charge in [-0.3, -0.25) is 14.4 Å². The number of fused-ring (bicyclic) bond motifs is 2. The van der Waals surface area contributed by atoms with Crippen molar-refractivity contribution in [3.05, 3.63) is 77.4 Å². The maximum absolute atomic E-state index is 14.2. The fourth-order valence-corrected chi connectivity index (χ4v) is 5.67. The zero-order chi connectivity index (χ0) is 26.3. The number of ether oxygens (including phenoxy) is 2. The summed E-state index contributed by atoms with van der Waals surface area (Å²) in [6.45, 7) is 8.61. The van der Waals surface area contributed by atoms with Gasteiger partial charge in [-0.05, 0) is 56.5 Å². The maximum atomic E-state index is 14.2. The Morgan fingerprint density at radius 1 is 1.24 bits per heavy atom. The van der Waals surface area contributed by atoms with Crippen LogP contribution in [0.1, 0.15) is 36.5 Å². The van der Waals surface area contributed by atoms with Gasteiger partial charge in [0.25, 0.3) is 17.6 Å². The minimum Gasteiger partial charge on any atom is -0.507 e. The highest BCUT2D eigenvalue weighted by Gasteiger charge is 2.67. The molecule has 2 amide bonds. The van der Waals surface area contributed by atoms with Gasteiger partial charge in [-0.2, -0.15) is 0 Å². The number of rotatable bonds is 7. The second-order valence-corrected chi connectivity index (χ2v) is 9.46. The van der Waals surface area contributed by atoms with Crippen LogP contribution < -0.4 is 9.64 Å². The molecule has 3 heterocycles. The number of amides is 2. The second kappa shape index (κ2) is 9.52. The van der Waals surface area contributed by atoms with Crippen molar-refractivity contribution in [1.82, 2.24) is 4.90 Å². The molecule has 3 aliphatic heterocycles. The molecule has 0 aliphatic carbocycles. The average Bonchev–Trinajstić information content (AvgIpc) is 3.56. The lowest BCUT2D eigenvalue weighted by Crippen LogP contribution is -2.53. The van der Waals surface area contributed by atoms with Crippen LogP contribution in [0.15, 0.2) is 60.7 Å². The van der Waals surface area contributed by atoms with Gasteiger partial charge in [0, 0.05) is 30.8 Å². The average molecular weight is 503 g/mol. The van der Waals surface area contributed by atoms with E-state index in [4.69, 9.17) is 9.47 Å². The van der Waals surface area contributed by atoms with Gasteiger partial charge in [0.1, 0.15) is 18.1 Å². The number of aliphatic hydroxyl groups excluding tert-OH is 1. The minimum absolute atomic E-state index is 0.0757. The van der Waals surface area contributed by atoms with Gasteiger partial charge >= 0.3 is 0 Å². The lowest BCUT2D eigenvalue weighted by atomic mass is 9.81. The summed E-state index contributed by atoms with van der Waals surface area (Å²) < 4.78 is 11.4. The Kier molecular flexibility index (Phi) is 6.37. The molecule has 1 N–H and O–H groups in total. The Balaban J connectivity index is 1.73.